The summed E-state index contributed by atoms with van der Waals surface area (Å²) in [4.78, 5) is 33.2. The highest BCUT2D eigenvalue weighted by atomic mass is 16.2. The van der Waals surface area contributed by atoms with Crippen molar-refractivity contribution in [3.05, 3.63) is 11.6 Å². The minimum atomic E-state index is -0.594. The van der Waals surface area contributed by atoms with Crippen LogP contribution < -0.4 is 16.4 Å². The number of nitrogens with two attached hydrogens (primary N) is 1. The molecule has 4 N–H and O–H groups in total. The first-order chi connectivity index (χ1) is 9.58. The SMILES string of the molecule is NC(=O)CNC(=O)CCC(=O)NCCC1=CCCCC1. The fraction of sp³-hybridized carbons (Fsp3) is 0.643. The summed E-state index contributed by atoms with van der Waals surface area (Å²) in [6.07, 6.45) is 8.11. The van der Waals surface area contributed by atoms with Gasteiger partial charge in [0.25, 0.3) is 0 Å². The zero-order valence-corrected chi connectivity index (χ0v) is 11.7. The lowest BCUT2D eigenvalue weighted by atomic mass is 9.97. The van der Waals surface area contributed by atoms with Gasteiger partial charge in [0.15, 0.2) is 0 Å². The van der Waals surface area contributed by atoms with Crippen molar-refractivity contribution in [3.8, 4) is 0 Å². The molecular formula is C14H23N3O3. The van der Waals surface area contributed by atoms with E-state index in [4.69, 9.17) is 5.73 Å². The molecule has 0 radical (unpaired) electrons. The van der Waals surface area contributed by atoms with Crippen LogP contribution in [0.15, 0.2) is 11.6 Å². The normalized spacial score (nSPS) is 14.3. The third kappa shape index (κ3) is 7.56. The number of carbonyl (C=O) groups is 3. The molecule has 0 saturated carbocycles. The van der Waals surface area contributed by atoms with E-state index in [1.165, 1.54) is 18.4 Å². The number of hydrogen-bond donors (Lipinski definition) is 3. The van der Waals surface area contributed by atoms with E-state index in [1.54, 1.807) is 0 Å². The van der Waals surface area contributed by atoms with Crippen LogP contribution in [0, 0.1) is 0 Å². The number of carbonyl (C=O) groups excluding carboxylic acids is 3. The molecule has 0 aromatic carbocycles. The Morgan fingerprint density at radius 2 is 1.80 bits per heavy atom. The van der Waals surface area contributed by atoms with Crippen molar-refractivity contribution in [3.63, 3.8) is 0 Å². The minimum absolute atomic E-state index is 0.0712. The number of allylic oxidation sites excluding steroid dienone is 1. The molecule has 1 rings (SSSR count). The monoisotopic (exact) mass is 281 g/mol. The molecule has 20 heavy (non-hydrogen) atoms. The Morgan fingerprint density at radius 1 is 1.10 bits per heavy atom. The van der Waals surface area contributed by atoms with Crippen molar-refractivity contribution in [1.82, 2.24) is 10.6 Å². The van der Waals surface area contributed by atoms with Gasteiger partial charge < -0.3 is 16.4 Å². The third-order valence-corrected chi connectivity index (χ3v) is 3.19. The topological polar surface area (TPSA) is 101 Å². The van der Waals surface area contributed by atoms with Gasteiger partial charge in [0.05, 0.1) is 6.54 Å². The molecule has 0 bridgehead atoms. The maximum Gasteiger partial charge on any atom is 0.236 e. The summed E-state index contributed by atoms with van der Waals surface area (Å²) in [5, 5.41) is 5.14. The lowest BCUT2D eigenvalue weighted by molar-refractivity contribution is -0.127. The molecular weight excluding hydrogens is 258 g/mol. The first kappa shape index (κ1) is 16.2. The molecule has 3 amide bonds. The van der Waals surface area contributed by atoms with Crippen LogP contribution >= 0.6 is 0 Å². The summed E-state index contributed by atoms with van der Waals surface area (Å²) >= 11 is 0. The van der Waals surface area contributed by atoms with E-state index in [1.807, 2.05) is 0 Å². The molecule has 0 spiro atoms. The Hall–Kier alpha value is -1.85. The predicted octanol–water partition coefficient (Wildman–Crippen LogP) is 0.375. The van der Waals surface area contributed by atoms with E-state index in [0.717, 1.165) is 19.3 Å². The van der Waals surface area contributed by atoms with Gasteiger partial charge >= 0.3 is 0 Å². The van der Waals surface area contributed by atoms with Crippen LogP contribution in [0.4, 0.5) is 0 Å². The van der Waals surface area contributed by atoms with Gasteiger partial charge in [-0.05, 0) is 32.1 Å². The number of rotatable bonds is 8. The van der Waals surface area contributed by atoms with Crippen LogP contribution in [-0.4, -0.2) is 30.8 Å². The summed E-state index contributed by atoms with van der Waals surface area (Å²) in [6, 6.07) is 0. The van der Waals surface area contributed by atoms with Crippen LogP contribution in [0.2, 0.25) is 0 Å². The molecule has 6 nitrogen and oxygen atoms in total. The second-order valence-corrected chi connectivity index (χ2v) is 4.95. The summed E-state index contributed by atoms with van der Waals surface area (Å²) in [5.74, 6) is -1.08. The van der Waals surface area contributed by atoms with E-state index in [9.17, 15) is 14.4 Å². The summed E-state index contributed by atoms with van der Waals surface area (Å²) in [6.45, 7) is 0.433. The largest absolute Gasteiger partial charge is 0.368 e. The van der Waals surface area contributed by atoms with Gasteiger partial charge in [0, 0.05) is 19.4 Å². The maximum atomic E-state index is 11.5. The van der Waals surface area contributed by atoms with Crippen LogP contribution in [-0.2, 0) is 14.4 Å². The second-order valence-electron chi connectivity index (χ2n) is 4.95. The zero-order chi connectivity index (χ0) is 14.8. The van der Waals surface area contributed by atoms with Crippen molar-refractivity contribution in [2.75, 3.05) is 13.1 Å². The van der Waals surface area contributed by atoms with Gasteiger partial charge in [-0.25, -0.2) is 0 Å². The highest BCUT2D eigenvalue weighted by Crippen LogP contribution is 2.19. The first-order valence-electron chi connectivity index (χ1n) is 7.07. The van der Waals surface area contributed by atoms with Gasteiger partial charge in [0.2, 0.25) is 17.7 Å². The molecule has 0 atom stereocenters. The first-order valence-corrected chi connectivity index (χ1v) is 7.07. The lowest BCUT2D eigenvalue weighted by Crippen LogP contribution is -2.34. The maximum absolute atomic E-state index is 11.5. The summed E-state index contributed by atoms with van der Waals surface area (Å²) in [5.41, 5.74) is 6.31. The van der Waals surface area contributed by atoms with Crippen molar-refractivity contribution in [1.29, 1.82) is 0 Å². The van der Waals surface area contributed by atoms with Crippen molar-refractivity contribution >= 4 is 17.7 Å². The average Bonchev–Trinajstić information content (AvgIpc) is 2.44. The second kappa shape index (κ2) is 9.12. The molecule has 6 heteroatoms. The van der Waals surface area contributed by atoms with Crippen molar-refractivity contribution < 1.29 is 14.4 Å². The zero-order valence-electron chi connectivity index (χ0n) is 11.7. The fourth-order valence-electron chi connectivity index (χ4n) is 2.08. The van der Waals surface area contributed by atoms with Crippen LogP contribution in [0.5, 0.6) is 0 Å². The Morgan fingerprint density at radius 3 is 2.40 bits per heavy atom. The summed E-state index contributed by atoms with van der Waals surface area (Å²) < 4.78 is 0. The molecule has 0 aromatic rings. The minimum Gasteiger partial charge on any atom is -0.368 e. The number of hydrogen-bond acceptors (Lipinski definition) is 3. The Balaban J connectivity index is 2.06. The van der Waals surface area contributed by atoms with Crippen molar-refractivity contribution in [2.45, 2.75) is 44.9 Å². The fourth-order valence-corrected chi connectivity index (χ4v) is 2.08. The van der Waals surface area contributed by atoms with Crippen LogP contribution in [0.25, 0.3) is 0 Å². The van der Waals surface area contributed by atoms with Crippen LogP contribution in [0.1, 0.15) is 44.9 Å². The molecule has 112 valence electrons. The van der Waals surface area contributed by atoms with E-state index >= 15 is 0 Å². The molecule has 1 aliphatic carbocycles. The van der Waals surface area contributed by atoms with Gasteiger partial charge in [-0.15, -0.1) is 0 Å². The van der Waals surface area contributed by atoms with Gasteiger partial charge in [-0.2, -0.15) is 0 Å². The molecule has 0 heterocycles. The molecule has 1 aliphatic rings. The summed E-state index contributed by atoms with van der Waals surface area (Å²) in [7, 11) is 0. The highest BCUT2D eigenvalue weighted by molar-refractivity contribution is 5.86. The van der Waals surface area contributed by atoms with E-state index in [0.29, 0.717) is 6.54 Å². The van der Waals surface area contributed by atoms with E-state index in [2.05, 4.69) is 16.7 Å². The Bertz CT molecular complexity index is 391. The number of amides is 3. The molecule has 0 unspecified atom stereocenters. The molecule has 0 aromatic heterocycles. The van der Waals surface area contributed by atoms with Gasteiger partial charge in [0.1, 0.15) is 0 Å². The quantitative estimate of drug-likeness (QED) is 0.560. The Kier molecular flexibility index (Phi) is 7.39. The number of primary amides is 1. The highest BCUT2D eigenvalue weighted by Gasteiger charge is 2.08. The smallest absolute Gasteiger partial charge is 0.236 e. The molecule has 0 fully saturated rings. The Labute approximate surface area is 119 Å². The lowest BCUT2D eigenvalue weighted by Gasteiger charge is -2.12. The van der Waals surface area contributed by atoms with Crippen molar-refractivity contribution in [2.24, 2.45) is 5.73 Å². The third-order valence-electron chi connectivity index (χ3n) is 3.19. The van der Waals surface area contributed by atoms with E-state index in [-0.39, 0.29) is 31.2 Å². The standard InChI is InChI=1S/C14H23N3O3/c15-12(18)10-17-14(20)7-6-13(19)16-9-8-11-4-2-1-3-5-11/h4H,1-3,5-10H2,(H2,15,18)(H,16,19)(H,17,20). The van der Waals surface area contributed by atoms with Gasteiger partial charge in [-0.1, -0.05) is 11.6 Å². The van der Waals surface area contributed by atoms with Gasteiger partial charge in [-0.3, -0.25) is 14.4 Å². The average molecular weight is 281 g/mol. The van der Waals surface area contributed by atoms with Crippen LogP contribution in [0.3, 0.4) is 0 Å². The number of nitrogens with one attached hydrogen (secondary N) is 2. The molecule has 0 saturated heterocycles. The molecule has 0 aliphatic heterocycles. The predicted molar refractivity (Wildman–Crippen MR) is 75.6 cm³/mol. The van der Waals surface area contributed by atoms with E-state index < -0.39 is 5.91 Å².